The third-order valence-electron chi connectivity index (χ3n) is 1.40. The molecule has 0 saturated carbocycles. The van der Waals surface area contributed by atoms with E-state index in [1.807, 2.05) is 0 Å². The molecule has 0 radical (unpaired) electrons. The standard InChI is InChI=1S/C6H5N3O/c1-4-2-6(10)9-5(4)3-7-8-9/h2-3,10H,1H2. The van der Waals surface area contributed by atoms with Crippen LogP contribution in [0.4, 0.5) is 0 Å². The first-order valence-electron chi connectivity index (χ1n) is 2.80. The molecule has 4 heteroatoms. The van der Waals surface area contributed by atoms with E-state index in [1.165, 1.54) is 4.52 Å². The average Bonchev–Trinajstić information content (AvgIpc) is 2.39. The van der Waals surface area contributed by atoms with E-state index >= 15 is 0 Å². The molecule has 0 fully saturated rings. The second kappa shape index (κ2) is 1.47. The van der Waals surface area contributed by atoms with Gasteiger partial charge in [0.2, 0.25) is 5.88 Å². The molecule has 2 aromatic rings. The zero-order valence-corrected chi connectivity index (χ0v) is 5.15. The van der Waals surface area contributed by atoms with Crippen LogP contribution in [-0.4, -0.2) is 19.9 Å². The van der Waals surface area contributed by atoms with Crippen LogP contribution in [0.2, 0.25) is 0 Å². The van der Waals surface area contributed by atoms with Crippen molar-refractivity contribution >= 4 is 12.1 Å². The van der Waals surface area contributed by atoms with E-state index < -0.39 is 0 Å². The van der Waals surface area contributed by atoms with Crippen molar-refractivity contribution < 1.29 is 5.11 Å². The number of rotatable bonds is 0. The van der Waals surface area contributed by atoms with Gasteiger partial charge in [-0.1, -0.05) is 11.8 Å². The van der Waals surface area contributed by atoms with Gasteiger partial charge in [-0.15, -0.1) is 5.10 Å². The van der Waals surface area contributed by atoms with E-state index in [4.69, 9.17) is 5.11 Å². The molecule has 0 aromatic carbocycles. The minimum absolute atomic E-state index is 0.0810. The molecule has 2 heterocycles. The van der Waals surface area contributed by atoms with Gasteiger partial charge >= 0.3 is 0 Å². The predicted octanol–water partition coefficient (Wildman–Crippen LogP) is -0.436. The highest BCUT2D eigenvalue weighted by molar-refractivity contribution is 5.50. The molecular formula is C6H5N3O. The van der Waals surface area contributed by atoms with Crippen molar-refractivity contribution in [2.75, 3.05) is 0 Å². The molecule has 2 aromatic heterocycles. The van der Waals surface area contributed by atoms with Gasteiger partial charge in [-0.3, -0.25) is 0 Å². The highest BCUT2D eigenvalue weighted by atomic mass is 16.3. The normalized spacial score (nSPS) is 10.8. The molecule has 0 aliphatic carbocycles. The summed E-state index contributed by atoms with van der Waals surface area (Å²) in [6, 6.07) is 1.55. The Morgan fingerprint density at radius 2 is 2.40 bits per heavy atom. The van der Waals surface area contributed by atoms with Crippen molar-refractivity contribution in [2.45, 2.75) is 0 Å². The molecule has 50 valence electrons. The molecule has 0 spiro atoms. The lowest BCUT2D eigenvalue weighted by Crippen LogP contribution is -1.90. The fourth-order valence-electron chi connectivity index (χ4n) is 0.914. The van der Waals surface area contributed by atoms with Crippen molar-refractivity contribution in [3.05, 3.63) is 17.5 Å². The lowest BCUT2D eigenvalue weighted by molar-refractivity contribution is 0.437. The third-order valence-corrected chi connectivity index (χ3v) is 1.40. The van der Waals surface area contributed by atoms with Gasteiger partial charge in [0.1, 0.15) is 0 Å². The fourth-order valence-corrected chi connectivity index (χ4v) is 0.914. The van der Waals surface area contributed by atoms with Gasteiger partial charge in [0.15, 0.2) is 0 Å². The Balaban J connectivity index is 3.12. The molecule has 0 aliphatic heterocycles. The number of hydrogen-bond acceptors (Lipinski definition) is 3. The van der Waals surface area contributed by atoms with E-state index in [0.29, 0.717) is 0 Å². The summed E-state index contributed by atoms with van der Waals surface area (Å²) in [4.78, 5) is 0. The number of hydrogen-bond donors (Lipinski definition) is 1. The van der Waals surface area contributed by atoms with Gasteiger partial charge < -0.3 is 5.11 Å². The van der Waals surface area contributed by atoms with E-state index in [-0.39, 0.29) is 5.88 Å². The lowest BCUT2D eigenvalue weighted by Gasteiger charge is -1.80. The molecular weight excluding hydrogens is 130 g/mol. The summed E-state index contributed by atoms with van der Waals surface area (Å²) >= 11 is 0. The highest BCUT2D eigenvalue weighted by Crippen LogP contribution is 2.05. The van der Waals surface area contributed by atoms with Crippen molar-refractivity contribution in [3.63, 3.8) is 0 Å². The Morgan fingerprint density at radius 3 is 3.10 bits per heavy atom. The Kier molecular flexibility index (Phi) is 0.768. The van der Waals surface area contributed by atoms with Gasteiger partial charge in [0.05, 0.1) is 11.7 Å². The Bertz CT molecular complexity index is 406. The monoisotopic (exact) mass is 135 g/mol. The van der Waals surface area contributed by atoms with Crippen molar-refractivity contribution in [2.24, 2.45) is 0 Å². The first-order valence-corrected chi connectivity index (χ1v) is 2.80. The summed E-state index contributed by atoms with van der Waals surface area (Å²) in [6.45, 7) is 3.68. The predicted molar refractivity (Wildman–Crippen MR) is 35.4 cm³/mol. The molecule has 0 unspecified atom stereocenters. The first kappa shape index (κ1) is 5.22. The topological polar surface area (TPSA) is 50.4 Å². The summed E-state index contributed by atoms with van der Waals surface area (Å²) in [5, 5.41) is 17.1. The van der Waals surface area contributed by atoms with Crippen LogP contribution in [-0.2, 0) is 0 Å². The molecule has 4 nitrogen and oxygen atoms in total. The maximum absolute atomic E-state index is 9.10. The third kappa shape index (κ3) is 0.452. The van der Waals surface area contributed by atoms with E-state index in [2.05, 4.69) is 16.9 Å². The maximum atomic E-state index is 9.10. The van der Waals surface area contributed by atoms with Crippen molar-refractivity contribution in [3.8, 4) is 5.88 Å². The van der Waals surface area contributed by atoms with Crippen molar-refractivity contribution in [1.82, 2.24) is 14.8 Å². The largest absolute Gasteiger partial charge is 0.493 e. The lowest BCUT2D eigenvalue weighted by atomic mass is 10.4. The number of fused-ring (bicyclic) bond motifs is 1. The fraction of sp³-hybridized carbons (Fsp3) is 0. The van der Waals surface area contributed by atoms with E-state index in [9.17, 15) is 0 Å². The van der Waals surface area contributed by atoms with Gasteiger partial charge in [-0.05, 0) is 0 Å². The van der Waals surface area contributed by atoms with Crippen LogP contribution in [0.1, 0.15) is 0 Å². The number of aromatic nitrogens is 3. The van der Waals surface area contributed by atoms with Crippen LogP contribution in [0.3, 0.4) is 0 Å². The van der Waals surface area contributed by atoms with Crippen LogP contribution < -0.4 is 5.22 Å². The van der Waals surface area contributed by atoms with Crippen LogP contribution >= 0.6 is 0 Å². The summed E-state index contributed by atoms with van der Waals surface area (Å²) < 4.78 is 1.34. The number of nitrogens with zero attached hydrogens (tertiary/aromatic N) is 3. The summed E-state index contributed by atoms with van der Waals surface area (Å²) in [7, 11) is 0. The smallest absolute Gasteiger partial charge is 0.214 e. The van der Waals surface area contributed by atoms with Gasteiger partial charge in [0.25, 0.3) is 0 Å². The molecule has 2 rings (SSSR count). The van der Waals surface area contributed by atoms with Crippen LogP contribution in [0.5, 0.6) is 5.88 Å². The van der Waals surface area contributed by atoms with Gasteiger partial charge in [-0.25, -0.2) is 0 Å². The van der Waals surface area contributed by atoms with Gasteiger partial charge in [0, 0.05) is 11.3 Å². The van der Waals surface area contributed by atoms with Crippen LogP contribution in [0.15, 0.2) is 12.3 Å². The molecule has 0 bridgehead atoms. The van der Waals surface area contributed by atoms with Crippen LogP contribution in [0.25, 0.3) is 12.1 Å². The summed E-state index contributed by atoms with van der Waals surface area (Å²) in [5.41, 5.74) is 0.748. The second-order valence-corrected chi connectivity index (χ2v) is 2.06. The van der Waals surface area contributed by atoms with E-state index in [0.717, 1.165) is 10.7 Å². The molecule has 0 atom stereocenters. The average molecular weight is 135 g/mol. The SMILES string of the molecule is C=c1cc(O)n2nncc12. The number of aromatic hydroxyl groups is 1. The minimum atomic E-state index is 0.0810. The minimum Gasteiger partial charge on any atom is -0.493 e. The molecule has 0 aliphatic rings. The Labute approximate surface area is 56.4 Å². The Hall–Kier alpha value is -1.58. The molecule has 10 heavy (non-hydrogen) atoms. The zero-order valence-electron chi connectivity index (χ0n) is 5.15. The summed E-state index contributed by atoms with van der Waals surface area (Å²) in [5.74, 6) is 0.0810. The molecule has 1 N–H and O–H groups in total. The van der Waals surface area contributed by atoms with Gasteiger partial charge in [-0.2, -0.15) is 4.52 Å². The zero-order chi connectivity index (χ0) is 7.14. The van der Waals surface area contributed by atoms with E-state index in [1.54, 1.807) is 12.3 Å². The molecule has 0 amide bonds. The van der Waals surface area contributed by atoms with Crippen LogP contribution in [0, 0.1) is 0 Å². The quantitative estimate of drug-likeness (QED) is 0.533. The Morgan fingerprint density at radius 1 is 1.60 bits per heavy atom. The first-order chi connectivity index (χ1) is 4.79. The molecule has 0 saturated heterocycles. The second-order valence-electron chi connectivity index (χ2n) is 2.06. The van der Waals surface area contributed by atoms with Crippen molar-refractivity contribution in [1.29, 1.82) is 0 Å². The highest BCUT2D eigenvalue weighted by Gasteiger charge is 2.01. The summed E-state index contributed by atoms with van der Waals surface area (Å²) in [6.07, 6.45) is 1.56. The maximum Gasteiger partial charge on any atom is 0.214 e.